The highest BCUT2D eigenvalue weighted by atomic mass is 16.5. The number of fused-ring (bicyclic) bond motifs is 1. The van der Waals surface area contributed by atoms with E-state index in [1.807, 2.05) is 18.2 Å². The zero-order valence-corrected chi connectivity index (χ0v) is 13.0. The molecule has 1 aliphatic heterocycles. The van der Waals surface area contributed by atoms with Crippen molar-refractivity contribution in [1.82, 2.24) is 19.9 Å². The lowest BCUT2D eigenvalue weighted by Crippen LogP contribution is -2.22. The molecule has 122 valence electrons. The summed E-state index contributed by atoms with van der Waals surface area (Å²) >= 11 is 0. The molecule has 3 aromatic heterocycles. The average molecular weight is 323 g/mol. The van der Waals surface area contributed by atoms with Gasteiger partial charge in [-0.05, 0) is 31.0 Å². The van der Waals surface area contributed by atoms with Crippen LogP contribution in [0.1, 0.15) is 12.8 Å². The van der Waals surface area contributed by atoms with Gasteiger partial charge in [0.1, 0.15) is 0 Å². The molecule has 0 aromatic carbocycles. The van der Waals surface area contributed by atoms with Crippen LogP contribution in [0.3, 0.4) is 0 Å². The van der Waals surface area contributed by atoms with E-state index in [1.54, 1.807) is 18.5 Å². The molecule has 1 fully saturated rings. The lowest BCUT2D eigenvalue weighted by atomic mass is 10.1. The summed E-state index contributed by atoms with van der Waals surface area (Å²) in [6, 6.07) is 7.36. The third-order valence-electron chi connectivity index (χ3n) is 4.07. The quantitative estimate of drug-likeness (QED) is 0.762. The maximum absolute atomic E-state index is 12.6. The van der Waals surface area contributed by atoms with Crippen molar-refractivity contribution in [2.24, 2.45) is 0 Å². The standard InChI is InChI=1S/C17H17N5O2/c23-16-14-12(13-5-1-2-7-18-13)6-8-19-15(14)21-17(22-16)20-10-11-4-3-9-24-11/h1-2,5-8,11H,3-4,9-10H2,(H2,19,20,21,22,23). The number of pyridine rings is 2. The van der Waals surface area contributed by atoms with Crippen LogP contribution in [0.15, 0.2) is 41.5 Å². The number of anilines is 1. The van der Waals surface area contributed by atoms with E-state index in [0.29, 0.717) is 23.5 Å². The topological polar surface area (TPSA) is 92.8 Å². The van der Waals surface area contributed by atoms with Gasteiger partial charge in [0.05, 0.1) is 17.2 Å². The first-order valence-electron chi connectivity index (χ1n) is 7.97. The molecule has 1 aliphatic rings. The van der Waals surface area contributed by atoms with Crippen LogP contribution < -0.4 is 10.9 Å². The first kappa shape index (κ1) is 14.8. The SMILES string of the molecule is O=c1[nH]c(NCC2CCCO2)nc2nccc(-c3ccccn3)c12. The van der Waals surface area contributed by atoms with Gasteiger partial charge in [-0.3, -0.25) is 14.8 Å². The highest BCUT2D eigenvalue weighted by Gasteiger charge is 2.16. The van der Waals surface area contributed by atoms with E-state index in [1.165, 1.54) is 0 Å². The molecule has 1 unspecified atom stereocenters. The largest absolute Gasteiger partial charge is 0.376 e. The van der Waals surface area contributed by atoms with E-state index >= 15 is 0 Å². The average Bonchev–Trinajstić information content (AvgIpc) is 3.14. The summed E-state index contributed by atoms with van der Waals surface area (Å²) in [5.74, 6) is 0.411. The molecule has 3 aromatic rings. The smallest absolute Gasteiger partial charge is 0.262 e. The lowest BCUT2D eigenvalue weighted by molar-refractivity contribution is 0.120. The second-order valence-electron chi connectivity index (χ2n) is 5.70. The van der Waals surface area contributed by atoms with Crippen molar-refractivity contribution in [2.45, 2.75) is 18.9 Å². The lowest BCUT2D eigenvalue weighted by Gasteiger charge is -2.11. The third kappa shape index (κ3) is 2.85. The van der Waals surface area contributed by atoms with E-state index in [-0.39, 0.29) is 11.7 Å². The van der Waals surface area contributed by atoms with Crippen LogP contribution in [0.2, 0.25) is 0 Å². The van der Waals surface area contributed by atoms with Crippen molar-refractivity contribution in [3.8, 4) is 11.3 Å². The van der Waals surface area contributed by atoms with Crippen molar-refractivity contribution >= 4 is 17.0 Å². The highest BCUT2D eigenvalue weighted by molar-refractivity contribution is 5.90. The van der Waals surface area contributed by atoms with Crippen molar-refractivity contribution in [3.63, 3.8) is 0 Å². The minimum atomic E-state index is -0.233. The molecule has 0 saturated carbocycles. The van der Waals surface area contributed by atoms with Gasteiger partial charge in [0, 0.05) is 31.1 Å². The molecule has 7 heteroatoms. The Morgan fingerprint density at radius 3 is 3.00 bits per heavy atom. The Balaban J connectivity index is 1.70. The fourth-order valence-corrected chi connectivity index (χ4v) is 2.90. The molecular formula is C17H17N5O2. The third-order valence-corrected chi connectivity index (χ3v) is 4.07. The monoisotopic (exact) mass is 323 g/mol. The highest BCUT2D eigenvalue weighted by Crippen LogP contribution is 2.22. The summed E-state index contributed by atoms with van der Waals surface area (Å²) < 4.78 is 5.56. The van der Waals surface area contributed by atoms with Crippen LogP contribution in [0, 0.1) is 0 Å². The van der Waals surface area contributed by atoms with Crippen molar-refractivity contribution in [3.05, 3.63) is 47.0 Å². The molecule has 1 atom stereocenters. The van der Waals surface area contributed by atoms with Gasteiger partial charge in [-0.2, -0.15) is 4.98 Å². The van der Waals surface area contributed by atoms with Gasteiger partial charge in [-0.1, -0.05) is 6.07 Å². The number of rotatable bonds is 4. The van der Waals surface area contributed by atoms with Gasteiger partial charge in [-0.15, -0.1) is 0 Å². The Morgan fingerprint density at radius 2 is 2.21 bits per heavy atom. The normalized spacial score (nSPS) is 17.2. The molecular weight excluding hydrogens is 306 g/mol. The van der Waals surface area contributed by atoms with Crippen molar-refractivity contribution < 1.29 is 4.74 Å². The second kappa shape index (κ2) is 6.37. The first-order chi connectivity index (χ1) is 11.8. The molecule has 2 N–H and O–H groups in total. The van der Waals surface area contributed by atoms with Crippen molar-refractivity contribution in [1.29, 1.82) is 0 Å². The molecule has 0 aliphatic carbocycles. The summed E-state index contributed by atoms with van der Waals surface area (Å²) in [6.07, 6.45) is 5.60. The van der Waals surface area contributed by atoms with E-state index in [4.69, 9.17) is 4.74 Å². The number of hydrogen-bond acceptors (Lipinski definition) is 6. The fraction of sp³-hybridized carbons (Fsp3) is 0.294. The maximum atomic E-state index is 12.6. The minimum absolute atomic E-state index is 0.166. The molecule has 0 radical (unpaired) electrons. The Hall–Kier alpha value is -2.80. The number of H-pyrrole nitrogens is 1. The minimum Gasteiger partial charge on any atom is -0.376 e. The predicted octanol–water partition coefficient (Wildman–Crippen LogP) is 1.97. The molecule has 4 rings (SSSR count). The summed E-state index contributed by atoms with van der Waals surface area (Å²) in [4.78, 5) is 28.3. The van der Waals surface area contributed by atoms with Crippen molar-refractivity contribution in [2.75, 3.05) is 18.5 Å². The van der Waals surface area contributed by atoms with Crippen LogP contribution in [-0.2, 0) is 4.74 Å². The molecule has 1 saturated heterocycles. The molecule has 0 spiro atoms. The maximum Gasteiger partial charge on any atom is 0.262 e. The van der Waals surface area contributed by atoms with Crippen LogP contribution in [-0.4, -0.2) is 39.2 Å². The zero-order chi connectivity index (χ0) is 16.4. The van der Waals surface area contributed by atoms with Crippen LogP contribution in [0.4, 0.5) is 5.95 Å². The number of ether oxygens (including phenoxy) is 1. The summed E-state index contributed by atoms with van der Waals surface area (Å²) in [6.45, 7) is 1.41. The first-order valence-corrected chi connectivity index (χ1v) is 7.97. The molecule has 4 heterocycles. The van der Waals surface area contributed by atoms with Gasteiger partial charge in [0.25, 0.3) is 5.56 Å². The number of nitrogens with zero attached hydrogens (tertiary/aromatic N) is 3. The number of hydrogen-bond donors (Lipinski definition) is 2. The molecule has 0 amide bonds. The van der Waals surface area contributed by atoms with E-state index < -0.39 is 0 Å². The van der Waals surface area contributed by atoms with Gasteiger partial charge >= 0.3 is 0 Å². The predicted molar refractivity (Wildman–Crippen MR) is 90.9 cm³/mol. The van der Waals surface area contributed by atoms with Gasteiger partial charge in [-0.25, -0.2) is 4.98 Å². The fourth-order valence-electron chi connectivity index (χ4n) is 2.90. The summed E-state index contributed by atoms with van der Waals surface area (Å²) in [5, 5.41) is 3.57. The van der Waals surface area contributed by atoms with Gasteiger partial charge in [0.15, 0.2) is 5.65 Å². The Bertz CT molecular complexity index is 904. The Morgan fingerprint density at radius 1 is 1.25 bits per heavy atom. The number of nitrogens with one attached hydrogen (secondary N) is 2. The zero-order valence-electron chi connectivity index (χ0n) is 13.0. The Kier molecular flexibility index (Phi) is 3.92. The van der Waals surface area contributed by atoms with Gasteiger partial charge < -0.3 is 10.1 Å². The number of aromatic nitrogens is 4. The molecule has 24 heavy (non-hydrogen) atoms. The van der Waals surface area contributed by atoms with Gasteiger partial charge in [0.2, 0.25) is 5.95 Å². The molecule has 7 nitrogen and oxygen atoms in total. The van der Waals surface area contributed by atoms with E-state index in [2.05, 4.69) is 25.3 Å². The summed E-state index contributed by atoms with van der Waals surface area (Å²) in [7, 11) is 0. The number of aromatic amines is 1. The van der Waals surface area contributed by atoms with Crippen LogP contribution >= 0.6 is 0 Å². The Labute approximate surface area is 138 Å². The molecule has 0 bridgehead atoms. The van der Waals surface area contributed by atoms with Crippen LogP contribution in [0.25, 0.3) is 22.3 Å². The van der Waals surface area contributed by atoms with E-state index in [0.717, 1.165) is 30.7 Å². The second-order valence-corrected chi connectivity index (χ2v) is 5.70. The summed E-state index contributed by atoms with van der Waals surface area (Å²) in [5.41, 5.74) is 1.61. The van der Waals surface area contributed by atoms with E-state index in [9.17, 15) is 4.79 Å². The van der Waals surface area contributed by atoms with Crippen LogP contribution in [0.5, 0.6) is 0 Å².